The van der Waals surface area contributed by atoms with Crippen molar-refractivity contribution in [1.82, 2.24) is 10.2 Å². The summed E-state index contributed by atoms with van der Waals surface area (Å²) in [5.41, 5.74) is -0.292. The summed E-state index contributed by atoms with van der Waals surface area (Å²) in [6, 6.07) is 15.6. The number of esters is 1. The fraction of sp³-hybridized carbons (Fsp3) is 0.360. The summed E-state index contributed by atoms with van der Waals surface area (Å²) in [5, 5.41) is 5.44. The number of carbonyl (C=O) groups is 4. The van der Waals surface area contributed by atoms with Crippen molar-refractivity contribution >= 4 is 29.5 Å². The molecule has 0 bridgehead atoms. The summed E-state index contributed by atoms with van der Waals surface area (Å²) in [4.78, 5) is 50.2. The van der Waals surface area contributed by atoms with Crippen molar-refractivity contribution in [2.24, 2.45) is 0 Å². The van der Waals surface area contributed by atoms with Crippen molar-refractivity contribution in [1.29, 1.82) is 0 Å². The highest BCUT2D eigenvalue weighted by atomic mass is 16.5. The first-order chi connectivity index (χ1) is 16.4. The Morgan fingerprint density at radius 2 is 1.62 bits per heavy atom. The predicted molar refractivity (Wildman–Crippen MR) is 123 cm³/mol. The molecule has 1 heterocycles. The van der Waals surface area contributed by atoms with Crippen molar-refractivity contribution in [3.63, 3.8) is 0 Å². The number of carbonyl (C=O) groups excluding carboxylic acids is 4. The zero-order valence-corrected chi connectivity index (χ0v) is 18.7. The van der Waals surface area contributed by atoms with E-state index in [2.05, 4.69) is 10.6 Å². The van der Waals surface area contributed by atoms with Crippen LogP contribution in [0.25, 0.3) is 0 Å². The number of nitrogens with zero attached hydrogens (tertiary/aromatic N) is 1. The Bertz CT molecular complexity index is 1050. The van der Waals surface area contributed by atoms with Gasteiger partial charge in [-0.25, -0.2) is 4.79 Å². The van der Waals surface area contributed by atoms with Crippen LogP contribution >= 0.6 is 0 Å². The number of rotatable bonds is 8. The van der Waals surface area contributed by atoms with Crippen LogP contribution in [0, 0.1) is 0 Å². The first-order valence-electron chi connectivity index (χ1n) is 11.4. The minimum atomic E-state index is -0.819. The van der Waals surface area contributed by atoms with E-state index >= 15 is 0 Å². The van der Waals surface area contributed by atoms with Crippen LogP contribution in [-0.2, 0) is 19.1 Å². The second kappa shape index (κ2) is 10.4. The summed E-state index contributed by atoms with van der Waals surface area (Å²) in [6.45, 7) is -0.541. The van der Waals surface area contributed by atoms with Crippen molar-refractivity contribution in [3.8, 4) is 11.5 Å². The van der Waals surface area contributed by atoms with Crippen LogP contribution in [-0.4, -0.2) is 47.4 Å². The molecule has 1 aliphatic heterocycles. The van der Waals surface area contributed by atoms with Gasteiger partial charge >= 0.3 is 12.0 Å². The molecule has 0 atom stereocenters. The lowest BCUT2D eigenvalue weighted by Crippen LogP contribution is -2.48. The maximum atomic E-state index is 12.7. The molecule has 1 spiro atoms. The molecule has 1 saturated heterocycles. The Kier molecular flexibility index (Phi) is 7.10. The van der Waals surface area contributed by atoms with E-state index in [1.807, 2.05) is 30.3 Å². The minimum absolute atomic E-state index is 0.0737. The average Bonchev–Trinajstić information content (AvgIpc) is 3.07. The van der Waals surface area contributed by atoms with Crippen LogP contribution in [0.2, 0.25) is 0 Å². The summed E-state index contributed by atoms with van der Waals surface area (Å²) in [6.07, 6.45) is 3.90. The first kappa shape index (κ1) is 23.3. The molecule has 2 aromatic rings. The van der Waals surface area contributed by atoms with Crippen LogP contribution in [0.15, 0.2) is 54.6 Å². The number of para-hydroxylation sites is 1. The predicted octanol–water partition coefficient (Wildman–Crippen LogP) is 3.61. The summed E-state index contributed by atoms with van der Waals surface area (Å²) in [5.74, 6) is -0.116. The number of hydrogen-bond acceptors (Lipinski definition) is 6. The molecule has 2 N–H and O–H groups in total. The lowest BCUT2D eigenvalue weighted by molar-refractivity contribution is -0.147. The van der Waals surface area contributed by atoms with E-state index in [9.17, 15) is 19.2 Å². The molecule has 2 aromatic carbocycles. The fourth-order valence-corrected chi connectivity index (χ4v) is 4.22. The quantitative estimate of drug-likeness (QED) is 0.455. The molecule has 4 rings (SSSR count). The van der Waals surface area contributed by atoms with Crippen molar-refractivity contribution in [2.45, 2.75) is 44.1 Å². The Hall–Kier alpha value is -3.88. The highest BCUT2D eigenvalue weighted by Gasteiger charge is 2.51. The van der Waals surface area contributed by atoms with Crippen molar-refractivity contribution < 1.29 is 28.7 Å². The highest BCUT2D eigenvalue weighted by Crippen LogP contribution is 2.33. The largest absolute Gasteiger partial charge is 0.457 e. The molecule has 34 heavy (non-hydrogen) atoms. The smallest absolute Gasteiger partial charge is 0.325 e. The number of ether oxygens (including phenoxy) is 2. The normalized spacial score (nSPS) is 16.8. The first-order valence-corrected chi connectivity index (χ1v) is 11.4. The van der Waals surface area contributed by atoms with Crippen LogP contribution in [0.3, 0.4) is 0 Å². The number of nitrogens with one attached hydrogen (secondary N) is 2. The zero-order chi connectivity index (χ0) is 24.0. The molecular weight excluding hydrogens is 438 g/mol. The SMILES string of the molecule is O=C(COC(=O)CCN1C(=O)NC2(CCCCC2)C1=O)Nc1ccc(Oc2ccccc2)cc1. The van der Waals surface area contributed by atoms with Gasteiger partial charge in [0.15, 0.2) is 6.61 Å². The van der Waals surface area contributed by atoms with Crippen LogP contribution in [0.4, 0.5) is 10.5 Å². The van der Waals surface area contributed by atoms with E-state index in [0.29, 0.717) is 30.0 Å². The van der Waals surface area contributed by atoms with Gasteiger partial charge in [-0.05, 0) is 49.2 Å². The molecule has 9 heteroatoms. The van der Waals surface area contributed by atoms with Gasteiger partial charge in [-0.1, -0.05) is 37.5 Å². The third kappa shape index (κ3) is 5.54. The Labute approximate surface area is 197 Å². The third-order valence-electron chi connectivity index (χ3n) is 5.97. The van der Waals surface area contributed by atoms with Crippen molar-refractivity contribution in [2.75, 3.05) is 18.5 Å². The van der Waals surface area contributed by atoms with E-state index < -0.39 is 30.1 Å². The summed E-state index contributed by atoms with van der Waals surface area (Å²) >= 11 is 0. The molecule has 2 aliphatic rings. The Morgan fingerprint density at radius 1 is 0.941 bits per heavy atom. The van der Waals surface area contributed by atoms with E-state index in [1.165, 1.54) is 0 Å². The topological polar surface area (TPSA) is 114 Å². The van der Waals surface area contributed by atoms with Gasteiger partial charge in [-0.2, -0.15) is 0 Å². The molecular formula is C25H27N3O6. The molecule has 1 aliphatic carbocycles. The number of hydrogen-bond donors (Lipinski definition) is 2. The van der Waals surface area contributed by atoms with Crippen LogP contribution in [0.5, 0.6) is 11.5 Å². The van der Waals surface area contributed by atoms with Gasteiger partial charge in [-0.15, -0.1) is 0 Å². The number of urea groups is 1. The van der Waals surface area contributed by atoms with Gasteiger partial charge < -0.3 is 20.1 Å². The van der Waals surface area contributed by atoms with Crippen molar-refractivity contribution in [3.05, 3.63) is 54.6 Å². The second-order valence-corrected chi connectivity index (χ2v) is 8.43. The molecule has 4 amide bonds. The molecule has 9 nitrogen and oxygen atoms in total. The maximum Gasteiger partial charge on any atom is 0.325 e. The average molecular weight is 466 g/mol. The lowest BCUT2D eigenvalue weighted by atomic mass is 9.82. The van der Waals surface area contributed by atoms with E-state index in [4.69, 9.17) is 9.47 Å². The fourth-order valence-electron chi connectivity index (χ4n) is 4.22. The van der Waals surface area contributed by atoms with Gasteiger partial charge in [0.05, 0.1) is 6.42 Å². The van der Waals surface area contributed by atoms with E-state index in [1.54, 1.807) is 24.3 Å². The summed E-state index contributed by atoms with van der Waals surface area (Å²) in [7, 11) is 0. The molecule has 178 valence electrons. The van der Waals surface area contributed by atoms with Crippen LogP contribution < -0.4 is 15.4 Å². The van der Waals surface area contributed by atoms with Gasteiger partial charge in [0, 0.05) is 12.2 Å². The standard InChI is InChI=1S/C25H27N3O6/c29-21(26-18-9-11-20(12-10-18)34-19-7-3-1-4-8-19)17-33-22(30)13-16-28-23(31)25(27-24(28)32)14-5-2-6-15-25/h1,3-4,7-12H,2,5-6,13-17H2,(H,26,29)(H,27,32). The third-order valence-corrected chi connectivity index (χ3v) is 5.97. The molecule has 0 radical (unpaired) electrons. The highest BCUT2D eigenvalue weighted by molar-refractivity contribution is 6.07. The van der Waals surface area contributed by atoms with Gasteiger partial charge in [-0.3, -0.25) is 19.3 Å². The number of anilines is 1. The van der Waals surface area contributed by atoms with E-state index in [-0.39, 0.29) is 18.9 Å². The Morgan fingerprint density at radius 3 is 2.32 bits per heavy atom. The lowest BCUT2D eigenvalue weighted by Gasteiger charge is -2.30. The van der Waals surface area contributed by atoms with Gasteiger partial charge in [0.25, 0.3) is 11.8 Å². The second-order valence-electron chi connectivity index (χ2n) is 8.43. The molecule has 1 saturated carbocycles. The monoisotopic (exact) mass is 465 g/mol. The number of imide groups is 1. The van der Waals surface area contributed by atoms with Gasteiger partial charge in [0.1, 0.15) is 17.0 Å². The molecule has 2 fully saturated rings. The van der Waals surface area contributed by atoms with Crippen LogP contribution in [0.1, 0.15) is 38.5 Å². The minimum Gasteiger partial charge on any atom is -0.457 e. The number of amides is 4. The zero-order valence-electron chi connectivity index (χ0n) is 18.7. The maximum absolute atomic E-state index is 12.7. The van der Waals surface area contributed by atoms with E-state index in [0.717, 1.165) is 24.2 Å². The number of benzene rings is 2. The summed E-state index contributed by atoms with van der Waals surface area (Å²) < 4.78 is 10.7. The van der Waals surface area contributed by atoms with Gasteiger partial charge in [0.2, 0.25) is 0 Å². The molecule has 0 aromatic heterocycles. The Balaban J connectivity index is 1.19. The molecule has 0 unspecified atom stereocenters.